The molecule has 1 aliphatic rings. The van der Waals surface area contributed by atoms with E-state index in [0.29, 0.717) is 12.5 Å². The molecular weight excluding hydrogens is 506 g/mol. The minimum absolute atomic E-state index is 0.141. The van der Waals surface area contributed by atoms with Crippen LogP contribution in [0.3, 0.4) is 0 Å². The summed E-state index contributed by atoms with van der Waals surface area (Å²) in [5.74, 6) is 1.01. The van der Waals surface area contributed by atoms with Gasteiger partial charge in [-0.15, -0.1) is 0 Å². The Labute approximate surface area is 249 Å². The second-order valence-electron chi connectivity index (χ2n) is 11.9. The van der Waals surface area contributed by atoms with E-state index in [-0.39, 0.29) is 17.5 Å². The normalized spacial score (nSPS) is 19.2. The summed E-state index contributed by atoms with van der Waals surface area (Å²) in [4.78, 5) is 11.2. The minimum Gasteiger partial charge on any atom is -0.490 e. The van der Waals surface area contributed by atoms with Crippen LogP contribution in [0.25, 0.3) is 11.1 Å². The van der Waals surface area contributed by atoms with Gasteiger partial charge in [0.15, 0.2) is 0 Å². The average molecular weight is 558 g/mol. The van der Waals surface area contributed by atoms with Gasteiger partial charge in [-0.2, -0.15) is 5.26 Å². The fraction of sp³-hybridized carbons (Fsp3) is 0.568. The molecule has 41 heavy (non-hydrogen) atoms. The number of hydrogen-bond donors (Lipinski definition) is 0. The van der Waals surface area contributed by atoms with E-state index in [9.17, 15) is 10.1 Å². The van der Waals surface area contributed by atoms with Gasteiger partial charge in [-0.25, -0.2) is 4.79 Å². The van der Waals surface area contributed by atoms with Gasteiger partial charge in [-0.1, -0.05) is 102 Å². The molecule has 1 aliphatic carbocycles. The molecule has 0 N–H and O–H groups in total. The zero-order valence-electron chi connectivity index (χ0n) is 25.5. The number of hydrogen-bond acceptors (Lipinski definition) is 4. The molecule has 3 atom stereocenters. The zero-order valence-corrected chi connectivity index (χ0v) is 25.5. The van der Waals surface area contributed by atoms with Crippen molar-refractivity contribution in [3.63, 3.8) is 0 Å². The maximum atomic E-state index is 11.2. The van der Waals surface area contributed by atoms with Gasteiger partial charge in [0.25, 0.3) is 0 Å². The van der Waals surface area contributed by atoms with Crippen LogP contribution in [-0.2, 0) is 9.53 Å². The van der Waals surface area contributed by atoms with Crippen molar-refractivity contribution in [1.82, 2.24) is 0 Å². The van der Waals surface area contributed by atoms with Crippen LogP contribution in [0.2, 0.25) is 0 Å². The quantitative estimate of drug-likeness (QED) is 0.104. The average Bonchev–Trinajstić information content (AvgIpc) is 3.01. The lowest BCUT2D eigenvalue weighted by molar-refractivity contribution is -0.137. The molecule has 0 aliphatic heterocycles. The van der Waals surface area contributed by atoms with Crippen LogP contribution in [0, 0.1) is 16.7 Å². The fourth-order valence-electron chi connectivity index (χ4n) is 6.25. The van der Waals surface area contributed by atoms with Gasteiger partial charge in [0.1, 0.15) is 5.75 Å². The van der Waals surface area contributed by atoms with E-state index < -0.39 is 0 Å². The summed E-state index contributed by atoms with van der Waals surface area (Å²) in [6.07, 6.45) is 17.9. The van der Waals surface area contributed by atoms with E-state index in [1.165, 1.54) is 61.3 Å². The van der Waals surface area contributed by atoms with Gasteiger partial charge in [-0.3, -0.25) is 0 Å². The summed E-state index contributed by atoms with van der Waals surface area (Å²) in [7, 11) is 0. The van der Waals surface area contributed by atoms with Gasteiger partial charge in [-0.05, 0) is 86.1 Å². The highest BCUT2D eigenvalue weighted by atomic mass is 16.5. The molecule has 0 amide bonds. The molecule has 2 aromatic rings. The molecule has 0 spiro atoms. The van der Waals surface area contributed by atoms with Crippen molar-refractivity contribution in [3.05, 3.63) is 66.7 Å². The number of benzene rings is 2. The SMILES string of the molecule is C=CC(=O)OCCCCC(CCC)Oc1ccc(-c2ccc(C3CCCC(C#N)(CCCCCCC)C3)cc2)cc1. The standard InChI is InChI=1S/C37H51NO3/c1-4-7-8-9-11-25-37(29-38)26-13-15-33(28-37)32-19-17-30(18-20-32)31-21-23-35(24-22-31)41-34(14-5-2)16-10-12-27-40-36(39)6-3/h6,17-24,33-34H,3-5,7-16,25-28H2,1-2H3. The van der Waals surface area contributed by atoms with Gasteiger partial charge in [0.05, 0.1) is 24.2 Å². The first-order chi connectivity index (χ1) is 20.0. The lowest BCUT2D eigenvalue weighted by Gasteiger charge is -2.36. The van der Waals surface area contributed by atoms with Crippen molar-refractivity contribution in [2.45, 2.75) is 122 Å². The number of nitrogens with zero attached hydrogens (tertiary/aromatic N) is 1. The van der Waals surface area contributed by atoms with Crippen molar-refractivity contribution < 1.29 is 14.3 Å². The highest BCUT2D eigenvalue weighted by Crippen LogP contribution is 2.47. The molecule has 3 rings (SSSR count). The maximum Gasteiger partial charge on any atom is 0.330 e. The molecule has 1 fully saturated rings. The molecular formula is C37H51NO3. The summed E-state index contributed by atoms with van der Waals surface area (Å²) < 4.78 is 11.4. The summed E-state index contributed by atoms with van der Waals surface area (Å²) in [5.41, 5.74) is 3.62. The summed E-state index contributed by atoms with van der Waals surface area (Å²) >= 11 is 0. The third kappa shape index (κ3) is 10.7. The third-order valence-electron chi connectivity index (χ3n) is 8.66. The second kappa shape index (κ2) is 17.7. The van der Waals surface area contributed by atoms with Gasteiger partial charge in [0, 0.05) is 6.08 Å². The summed E-state index contributed by atoms with van der Waals surface area (Å²) in [6, 6.07) is 20.2. The summed E-state index contributed by atoms with van der Waals surface area (Å²) in [6.45, 7) is 8.28. The van der Waals surface area contributed by atoms with E-state index in [4.69, 9.17) is 9.47 Å². The lowest BCUT2D eigenvalue weighted by atomic mass is 9.66. The van der Waals surface area contributed by atoms with E-state index in [0.717, 1.165) is 63.5 Å². The maximum absolute atomic E-state index is 11.2. The van der Waals surface area contributed by atoms with Gasteiger partial charge in [0.2, 0.25) is 0 Å². The number of ether oxygens (including phenoxy) is 2. The molecule has 0 radical (unpaired) electrons. The van der Waals surface area contributed by atoms with Crippen LogP contribution >= 0.6 is 0 Å². The Morgan fingerprint density at radius 2 is 1.68 bits per heavy atom. The molecule has 4 heteroatoms. The van der Waals surface area contributed by atoms with E-state index in [1.54, 1.807) is 0 Å². The van der Waals surface area contributed by atoms with Crippen LogP contribution in [0.1, 0.15) is 122 Å². The Bertz CT molecular complexity index is 1080. The number of carbonyl (C=O) groups excluding carboxylic acids is 1. The Balaban J connectivity index is 1.53. The smallest absolute Gasteiger partial charge is 0.330 e. The Morgan fingerprint density at radius 3 is 2.34 bits per heavy atom. The number of nitriles is 1. The van der Waals surface area contributed by atoms with Crippen molar-refractivity contribution in [2.75, 3.05) is 6.61 Å². The largest absolute Gasteiger partial charge is 0.490 e. The molecule has 0 bridgehead atoms. The third-order valence-corrected chi connectivity index (χ3v) is 8.66. The number of esters is 1. The van der Waals surface area contributed by atoms with Crippen molar-refractivity contribution >= 4 is 5.97 Å². The van der Waals surface area contributed by atoms with Crippen LogP contribution < -0.4 is 4.74 Å². The predicted octanol–water partition coefficient (Wildman–Crippen LogP) is 10.3. The topological polar surface area (TPSA) is 59.3 Å². The molecule has 2 aromatic carbocycles. The number of rotatable bonds is 18. The monoisotopic (exact) mass is 557 g/mol. The van der Waals surface area contributed by atoms with Crippen LogP contribution in [0.15, 0.2) is 61.2 Å². The molecule has 0 saturated heterocycles. The molecule has 1 saturated carbocycles. The first-order valence-corrected chi connectivity index (χ1v) is 16.1. The Morgan fingerprint density at radius 1 is 0.976 bits per heavy atom. The molecule has 222 valence electrons. The predicted molar refractivity (Wildman–Crippen MR) is 169 cm³/mol. The highest BCUT2D eigenvalue weighted by Gasteiger charge is 2.36. The van der Waals surface area contributed by atoms with Crippen LogP contribution in [-0.4, -0.2) is 18.7 Å². The summed E-state index contributed by atoms with van der Waals surface area (Å²) in [5, 5.41) is 10.1. The van der Waals surface area contributed by atoms with Crippen LogP contribution in [0.4, 0.5) is 0 Å². The fourth-order valence-corrected chi connectivity index (χ4v) is 6.25. The first-order valence-electron chi connectivity index (χ1n) is 16.1. The zero-order chi connectivity index (χ0) is 29.3. The van der Waals surface area contributed by atoms with E-state index in [1.807, 2.05) is 0 Å². The van der Waals surface area contributed by atoms with Crippen molar-refractivity contribution in [3.8, 4) is 22.9 Å². The first kappa shape index (κ1) is 32.5. The van der Waals surface area contributed by atoms with Crippen molar-refractivity contribution in [2.24, 2.45) is 5.41 Å². The molecule has 3 unspecified atom stereocenters. The number of unbranched alkanes of at least 4 members (excludes halogenated alkanes) is 5. The Hall–Kier alpha value is -3.06. The van der Waals surface area contributed by atoms with E-state index >= 15 is 0 Å². The van der Waals surface area contributed by atoms with Crippen LogP contribution in [0.5, 0.6) is 5.75 Å². The second-order valence-corrected chi connectivity index (χ2v) is 11.9. The Kier molecular flexibility index (Phi) is 14.0. The van der Waals surface area contributed by atoms with Gasteiger partial charge >= 0.3 is 5.97 Å². The minimum atomic E-state index is -0.361. The van der Waals surface area contributed by atoms with E-state index in [2.05, 4.69) is 75.0 Å². The van der Waals surface area contributed by atoms with Crippen molar-refractivity contribution in [1.29, 1.82) is 5.26 Å². The van der Waals surface area contributed by atoms with Gasteiger partial charge < -0.3 is 9.47 Å². The highest BCUT2D eigenvalue weighted by molar-refractivity contribution is 5.81. The lowest BCUT2D eigenvalue weighted by Crippen LogP contribution is -2.26. The molecule has 4 nitrogen and oxygen atoms in total. The molecule has 0 heterocycles. The molecule has 0 aromatic heterocycles. The number of carbonyl (C=O) groups is 1.